The van der Waals surface area contributed by atoms with Crippen molar-refractivity contribution in [3.05, 3.63) is 0 Å². The summed E-state index contributed by atoms with van der Waals surface area (Å²) in [4.78, 5) is 21.1. The van der Waals surface area contributed by atoms with Crippen LogP contribution in [0.15, 0.2) is 0 Å². The van der Waals surface area contributed by atoms with Gasteiger partial charge in [0, 0.05) is 6.42 Å². The summed E-state index contributed by atoms with van der Waals surface area (Å²) in [5, 5.41) is 17.4. The predicted octanol–water partition coefficient (Wildman–Crippen LogP) is 1.74. The number of carboxylic acids is 2. The van der Waals surface area contributed by atoms with Gasteiger partial charge in [-0.25, -0.2) is 0 Å². The van der Waals surface area contributed by atoms with Crippen LogP contribution in [0.5, 0.6) is 0 Å². The molecule has 0 radical (unpaired) electrons. The highest BCUT2D eigenvalue weighted by Crippen LogP contribution is 2.55. The van der Waals surface area contributed by atoms with Crippen LogP contribution in [-0.2, 0) is 9.59 Å². The van der Waals surface area contributed by atoms with Gasteiger partial charge in [-0.15, -0.1) is 0 Å². The minimum absolute atomic E-state index is 0.143. The third-order valence-electron chi connectivity index (χ3n) is 3.14. The second-order valence-corrected chi connectivity index (χ2v) is 4.17. The minimum Gasteiger partial charge on any atom is -0.481 e. The maximum Gasteiger partial charge on any atom is 0.309 e. The third-order valence-corrected chi connectivity index (χ3v) is 3.14. The Morgan fingerprint density at radius 2 is 1.93 bits per heavy atom. The molecule has 1 saturated carbocycles. The average molecular weight is 200 g/mol. The van der Waals surface area contributed by atoms with Gasteiger partial charge in [-0.1, -0.05) is 13.3 Å². The summed E-state index contributed by atoms with van der Waals surface area (Å²) >= 11 is 0. The van der Waals surface area contributed by atoms with Gasteiger partial charge in [0.1, 0.15) is 0 Å². The van der Waals surface area contributed by atoms with E-state index in [0.717, 1.165) is 6.42 Å². The van der Waals surface area contributed by atoms with E-state index >= 15 is 0 Å². The Kier molecular flexibility index (Phi) is 3.13. The number of carboxylic acid groups (broad SMARTS) is 2. The summed E-state index contributed by atoms with van der Waals surface area (Å²) in [6.45, 7) is 1.94. The molecule has 0 aromatic carbocycles. The first-order valence-electron chi connectivity index (χ1n) is 4.94. The predicted molar refractivity (Wildman–Crippen MR) is 50.0 cm³/mol. The van der Waals surface area contributed by atoms with E-state index in [9.17, 15) is 9.59 Å². The van der Waals surface area contributed by atoms with Crippen LogP contribution < -0.4 is 0 Å². The van der Waals surface area contributed by atoms with Crippen LogP contribution >= 0.6 is 0 Å². The lowest BCUT2D eigenvalue weighted by molar-refractivity contribution is -0.144. The molecule has 2 atom stereocenters. The highest BCUT2D eigenvalue weighted by atomic mass is 16.4. The second-order valence-electron chi connectivity index (χ2n) is 4.17. The molecule has 0 amide bonds. The first-order chi connectivity index (χ1) is 6.49. The first kappa shape index (κ1) is 11.0. The summed E-state index contributed by atoms with van der Waals surface area (Å²) in [5.74, 6) is -1.27. The lowest BCUT2D eigenvalue weighted by atomic mass is 9.96. The Labute approximate surface area is 82.9 Å². The molecule has 1 fully saturated rings. The summed E-state index contributed by atoms with van der Waals surface area (Å²) in [6, 6.07) is 0. The van der Waals surface area contributed by atoms with Crippen molar-refractivity contribution in [3.8, 4) is 0 Å². The molecule has 0 aromatic rings. The molecule has 1 aliphatic rings. The number of hydrogen-bond acceptors (Lipinski definition) is 2. The molecule has 1 aliphatic carbocycles. The molecule has 0 aliphatic heterocycles. The number of rotatable bonds is 6. The molecule has 80 valence electrons. The van der Waals surface area contributed by atoms with Crippen molar-refractivity contribution in [3.63, 3.8) is 0 Å². The summed E-state index contributed by atoms with van der Waals surface area (Å²) in [5.41, 5.74) is -0.529. The number of unbranched alkanes of at least 4 members (excludes halogenated alkanes) is 1. The first-order valence-corrected chi connectivity index (χ1v) is 4.94. The van der Waals surface area contributed by atoms with Gasteiger partial charge in [0.2, 0.25) is 0 Å². The van der Waals surface area contributed by atoms with Crippen LogP contribution in [0.1, 0.15) is 39.0 Å². The Balaban J connectivity index is 2.24. The largest absolute Gasteiger partial charge is 0.481 e. The van der Waals surface area contributed by atoms with Gasteiger partial charge in [0.15, 0.2) is 0 Å². The molecule has 14 heavy (non-hydrogen) atoms. The molecule has 0 heterocycles. The van der Waals surface area contributed by atoms with E-state index in [0.29, 0.717) is 19.3 Å². The quantitative estimate of drug-likeness (QED) is 0.640. The fourth-order valence-electron chi connectivity index (χ4n) is 1.96. The number of carbonyl (C=O) groups is 2. The maximum atomic E-state index is 10.9. The van der Waals surface area contributed by atoms with Crippen LogP contribution in [0.4, 0.5) is 0 Å². The van der Waals surface area contributed by atoms with E-state index in [1.807, 2.05) is 6.92 Å². The van der Waals surface area contributed by atoms with E-state index in [1.54, 1.807) is 0 Å². The van der Waals surface area contributed by atoms with Gasteiger partial charge < -0.3 is 10.2 Å². The van der Waals surface area contributed by atoms with Crippen LogP contribution in [0.3, 0.4) is 0 Å². The second kappa shape index (κ2) is 3.98. The monoisotopic (exact) mass is 200 g/mol. The molecule has 2 unspecified atom stereocenters. The lowest BCUT2D eigenvalue weighted by Gasteiger charge is -2.09. The standard InChI is InChI=1S/C10H16O4/c1-7-6-10(7,9(13)14)5-3-2-4-8(11)12/h7H,2-6H2,1H3,(H,11,12)(H,13,14). The zero-order valence-corrected chi connectivity index (χ0v) is 8.32. The van der Waals surface area contributed by atoms with Gasteiger partial charge >= 0.3 is 11.9 Å². The van der Waals surface area contributed by atoms with Crippen molar-refractivity contribution in [2.24, 2.45) is 11.3 Å². The molecular weight excluding hydrogens is 184 g/mol. The van der Waals surface area contributed by atoms with Gasteiger partial charge in [-0.3, -0.25) is 9.59 Å². The van der Waals surface area contributed by atoms with Gasteiger partial charge in [-0.2, -0.15) is 0 Å². The lowest BCUT2D eigenvalue weighted by Crippen LogP contribution is -2.17. The fourth-order valence-corrected chi connectivity index (χ4v) is 1.96. The van der Waals surface area contributed by atoms with Gasteiger partial charge in [0.25, 0.3) is 0 Å². The molecule has 4 nitrogen and oxygen atoms in total. The molecular formula is C10H16O4. The molecule has 2 N–H and O–H groups in total. The summed E-state index contributed by atoms with van der Waals surface area (Å²) < 4.78 is 0. The van der Waals surface area contributed by atoms with Crippen molar-refractivity contribution in [2.75, 3.05) is 0 Å². The van der Waals surface area contributed by atoms with E-state index in [1.165, 1.54) is 0 Å². The topological polar surface area (TPSA) is 74.6 Å². The summed E-state index contributed by atoms with van der Waals surface area (Å²) in [7, 11) is 0. The maximum absolute atomic E-state index is 10.9. The number of hydrogen-bond donors (Lipinski definition) is 2. The molecule has 0 spiro atoms. The molecule has 0 bridgehead atoms. The molecule has 1 rings (SSSR count). The fraction of sp³-hybridized carbons (Fsp3) is 0.800. The summed E-state index contributed by atoms with van der Waals surface area (Å²) in [6.07, 6.45) is 2.79. The highest BCUT2D eigenvalue weighted by molar-refractivity contribution is 5.78. The van der Waals surface area contributed by atoms with Gasteiger partial charge in [-0.05, 0) is 25.2 Å². The van der Waals surface area contributed by atoms with E-state index in [2.05, 4.69) is 0 Å². The smallest absolute Gasteiger partial charge is 0.309 e. The van der Waals surface area contributed by atoms with E-state index in [4.69, 9.17) is 10.2 Å². The Bertz CT molecular complexity index is 249. The van der Waals surface area contributed by atoms with Gasteiger partial charge in [0.05, 0.1) is 5.41 Å². The SMILES string of the molecule is CC1CC1(CCCCC(=O)O)C(=O)O. The van der Waals surface area contributed by atoms with Crippen LogP contribution in [-0.4, -0.2) is 22.2 Å². The minimum atomic E-state index is -0.807. The molecule has 4 heteroatoms. The zero-order chi connectivity index (χ0) is 10.8. The van der Waals surface area contributed by atoms with Crippen molar-refractivity contribution < 1.29 is 19.8 Å². The Morgan fingerprint density at radius 1 is 1.36 bits per heavy atom. The number of aliphatic carboxylic acids is 2. The van der Waals surface area contributed by atoms with E-state index in [-0.39, 0.29) is 12.3 Å². The average Bonchev–Trinajstić information content (AvgIpc) is 2.72. The van der Waals surface area contributed by atoms with Crippen LogP contribution in [0.25, 0.3) is 0 Å². The highest BCUT2D eigenvalue weighted by Gasteiger charge is 2.56. The molecule has 0 saturated heterocycles. The Hall–Kier alpha value is -1.06. The van der Waals surface area contributed by atoms with Crippen molar-refractivity contribution in [1.82, 2.24) is 0 Å². The van der Waals surface area contributed by atoms with Crippen LogP contribution in [0, 0.1) is 11.3 Å². The van der Waals surface area contributed by atoms with Crippen molar-refractivity contribution >= 4 is 11.9 Å². The third kappa shape index (κ3) is 2.25. The molecule has 0 aromatic heterocycles. The van der Waals surface area contributed by atoms with Crippen molar-refractivity contribution in [1.29, 1.82) is 0 Å². The van der Waals surface area contributed by atoms with Crippen molar-refractivity contribution in [2.45, 2.75) is 39.0 Å². The zero-order valence-electron chi connectivity index (χ0n) is 8.32. The van der Waals surface area contributed by atoms with E-state index < -0.39 is 17.4 Å². The normalized spacial score (nSPS) is 29.9. The Morgan fingerprint density at radius 3 is 2.29 bits per heavy atom. The van der Waals surface area contributed by atoms with Crippen LogP contribution in [0.2, 0.25) is 0 Å².